The second-order valence-corrected chi connectivity index (χ2v) is 6.91. The summed E-state index contributed by atoms with van der Waals surface area (Å²) in [7, 11) is 1.85. The highest BCUT2D eigenvalue weighted by atomic mass is 32.2. The number of hydrogen-bond acceptors (Lipinski definition) is 8. The maximum atomic E-state index is 11.6. The van der Waals surface area contributed by atoms with Gasteiger partial charge in [-0.05, 0) is 24.1 Å². The highest BCUT2D eigenvalue weighted by molar-refractivity contribution is 8.15. The molecule has 2 heterocycles. The molecule has 1 aliphatic heterocycles. The van der Waals surface area contributed by atoms with Gasteiger partial charge in [-0.25, -0.2) is 9.97 Å². The fourth-order valence-corrected chi connectivity index (χ4v) is 3.28. The standard InChI is InChI=1S/C17H18N4O4S/c1-21(14-9-15(22)19-10-18-14)6-7-25-12-4-2-11(3-5-12)8-13-16(23)20-17(24)26-13/h2-5,9-10,13H,6-8H2,1H3,(H,18,19,22)(H,20,23,24). The van der Waals surface area contributed by atoms with Crippen molar-refractivity contribution in [1.82, 2.24) is 15.3 Å². The topological polar surface area (TPSA) is 105 Å². The number of rotatable bonds is 7. The van der Waals surface area contributed by atoms with E-state index >= 15 is 0 Å². The molecule has 136 valence electrons. The normalized spacial score (nSPS) is 16.4. The van der Waals surface area contributed by atoms with Crippen molar-refractivity contribution in [3.63, 3.8) is 0 Å². The third kappa shape index (κ3) is 4.63. The first-order valence-corrected chi connectivity index (χ1v) is 8.84. The zero-order valence-corrected chi connectivity index (χ0v) is 14.9. The molecular formula is C17H18N4O4S. The van der Waals surface area contributed by atoms with Gasteiger partial charge in [0.15, 0.2) is 0 Å². The summed E-state index contributed by atoms with van der Waals surface area (Å²) in [4.78, 5) is 32.4. The average Bonchev–Trinajstić information content (AvgIpc) is 2.93. The number of amides is 2. The van der Waals surface area contributed by atoms with Crippen LogP contribution >= 0.6 is 11.8 Å². The predicted octanol–water partition coefficient (Wildman–Crippen LogP) is 1.59. The van der Waals surface area contributed by atoms with Gasteiger partial charge in [0.1, 0.15) is 24.5 Å². The largest absolute Gasteiger partial charge is 0.493 e. The first-order chi connectivity index (χ1) is 12.5. The van der Waals surface area contributed by atoms with Crippen molar-refractivity contribution >= 4 is 28.7 Å². The van der Waals surface area contributed by atoms with Crippen molar-refractivity contribution in [3.05, 3.63) is 42.2 Å². The van der Waals surface area contributed by atoms with Crippen molar-refractivity contribution in [2.75, 3.05) is 25.1 Å². The van der Waals surface area contributed by atoms with Crippen LogP contribution in [0.1, 0.15) is 5.56 Å². The van der Waals surface area contributed by atoms with Gasteiger partial charge in [0.05, 0.1) is 11.8 Å². The van der Waals surface area contributed by atoms with E-state index in [1.165, 1.54) is 12.4 Å². The number of aromatic hydroxyl groups is 1. The Bertz CT molecular complexity index is 800. The summed E-state index contributed by atoms with van der Waals surface area (Å²) in [5.41, 5.74) is 0.966. The van der Waals surface area contributed by atoms with Crippen LogP contribution in [0.2, 0.25) is 0 Å². The van der Waals surface area contributed by atoms with Crippen LogP contribution in [0.3, 0.4) is 0 Å². The van der Waals surface area contributed by atoms with Gasteiger partial charge in [-0.15, -0.1) is 0 Å². The van der Waals surface area contributed by atoms with Crippen LogP contribution in [0, 0.1) is 0 Å². The number of carbonyl (C=O) groups excluding carboxylic acids is 2. The molecule has 3 rings (SSSR count). The van der Waals surface area contributed by atoms with Crippen molar-refractivity contribution in [1.29, 1.82) is 0 Å². The molecule has 2 amide bonds. The van der Waals surface area contributed by atoms with Gasteiger partial charge in [0.2, 0.25) is 11.8 Å². The summed E-state index contributed by atoms with van der Waals surface area (Å²) in [6.07, 6.45) is 1.81. The maximum absolute atomic E-state index is 11.6. The molecular weight excluding hydrogens is 356 g/mol. The van der Waals surface area contributed by atoms with E-state index in [9.17, 15) is 14.7 Å². The predicted molar refractivity (Wildman–Crippen MR) is 97.5 cm³/mol. The van der Waals surface area contributed by atoms with Gasteiger partial charge in [-0.1, -0.05) is 23.9 Å². The van der Waals surface area contributed by atoms with Crippen molar-refractivity contribution in [3.8, 4) is 11.6 Å². The molecule has 1 aromatic heterocycles. The Hall–Kier alpha value is -2.81. The molecule has 9 heteroatoms. The summed E-state index contributed by atoms with van der Waals surface area (Å²) in [5.74, 6) is 1.01. The van der Waals surface area contributed by atoms with E-state index in [1.54, 1.807) is 0 Å². The molecule has 1 fully saturated rings. The lowest BCUT2D eigenvalue weighted by atomic mass is 10.1. The Morgan fingerprint density at radius 1 is 1.27 bits per heavy atom. The first kappa shape index (κ1) is 18.0. The Labute approximate surface area is 154 Å². The second-order valence-electron chi connectivity index (χ2n) is 5.74. The molecule has 0 aliphatic carbocycles. The Kier molecular flexibility index (Phi) is 5.57. The third-order valence-electron chi connectivity index (χ3n) is 3.84. The van der Waals surface area contributed by atoms with E-state index < -0.39 is 0 Å². The van der Waals surface area contributed by atoms with Crippen LogP contribution in [0.25, 0.3) is 0 Å². The molecule has 1 saturated heterocycles. The van der Waals surface area contributed by atoms with Crippen molar-refractivity contribution < 1.29 is 19.4 Å². The van der Waals surface area contributed by atoms with E-state index in [1.807, 2.05) is 36.2 Å². The van der Waals surface area contributed by atoms with Crippen molar-refractivity contribution in [2.45, 2.75) is 11.7 Å². The molecule has 0 radical (unpaired) electrons. The Balaban J connectivity index is 1.47. The number of benzene rings is 1. The lowest BCUT2D eigenvalue weighted by molar-refractivity contribution is -0.118. The molecule has 26 heavy (non-hydrogen) atoms. The minimum absolute atomic E-state index is 0.0748. The fourth-order valence-electron chi connectivity index (χ4n) is 2.42. The van der Waals surface area contributed by atoms with Crippen LogP contribution in [0.15, 0.2) is 36.7 Å². The number of likely N-dealkylation sites (N-methyl/N-ethyl adjacent to an activating group) is 1. The van der Waals surface area contributed by atoms with E-state index in [0.29, 0.717) is 31.1 Å². The van der Waals surface area contributed by atoms with Crippen LogP contribution in [0.5, 0.6) is 11.6 Å². The highest BCUT2D eigenvalue weighted by Crippen LogP contribution is 2.24. The number of nitrogens with zero attached hydrogens (tertiary/aromatic N) is 3. The maximum Gasteiger partial charge on any atom is 0.286 e. The van der Waals surface area contributed by atoms with Gasteiger partial charge in [0, 0.05) is 13.1 Å². The monoisotopic (exact) mass is 374 g/mol. The number of ether oxygens (including phenoxy) is 1. The average molecular weight is 374 g/mol. The number of carbonyl (C=O) groups is 2. The molecule has 1 unspecified atom stereocenters. The van der Waals surface area contributed by atoms with Crippen LogP contribution < -0.4 is 15.0 Å². The minimum Gasteiger partial charge on any atom is -0.493 e. The zero-order chi connectivity index (χ0) is 18.5. The van der Waals surface area contributed by atoms with Gasteiger partial charge in [0.25, 0.3) is 5.24 Å². The van der Waals surface area contributed by atoms with E-state index in [4.69, 9.17) is 4.74 Å². The van der Waals surface area contributed by atoms with E-state index in [2.05, 4.69) is 15.3 Å². The molecule has 8 nitrogen and oxygen atoms in total. The van der Waals surface area contributed by atoms with Crippen molar-refractivity contribution in [2.24, 2.45) is 0 Å². The zero-order valence-electron chi connectivity index (χ0n) is 14.1. The molecule has 0 saturated carbocycles. The van der Waals surface area contributed by atoms with E-state index in [-0.39, 0.29) is 22.3 Å². The molecule has 0 bridgehead atoms. The summed E-state index contributed by atoms with van der Waals surface area (Å²) in [6.45, 7) is 1.02. The number of hydrogen-bond donors (Lipinski definition) is 2. The number of thioether (sulfide) groups is 1. The Morgan fingerprint density at radius 3 is 2.69 bits per heavy atom. The smallest absolute Gasteiger partial charge is 0.286 e. The van der Waals surface area contributed by atoms with Crippen LogP contribution in [-0.2, 0) is 11.2 Å². The third-order valence-corrected chi connectivity index (χ3v) is 4.82. The quantitative estimate of drug-likeness (QED) is 0.753. The number of nitrogens with one attached hydrogen (secondary N) is 1. The second kappa shape index (κ2) is 8.05. The molecule has 1 aromatic carbocycles. The van der Waals surface area contributed by atoms with Gasteiger partial charge < -0.3 is 14.7 Å². The number of aromatic nitrogens is 2. The minimum atomic E-state index is -0.368. The first-order valence-electron chi connectivity index (χ1n) is 7.96. The molecule has 2 aromatic rings. The molecule has 1 atom stereocenters. The molecule has 2 N–H and O–H groups in total. The highest BCUT2D eigenvalue weighted by Gasteiger charge is 2.31. The molecule has 1 aliphatic rings. The Morgan fingerprint density at radius 2 is 2.04 bits per heavy atom. The number of anilines is 1. The SMILES string of the molecule is CN(CCOc1ccc(CC2SC(=O)NC2=O)cc1)c1cc(O)ncn1. The summed E-state index contributed by atoms with van der Waals surface area (Å²) in [5, 5.41) is 11.0. The number of imide groups is 1. The summed E-state index contributed by atoms with van der Waals surface area (Å²) in [6, 6.07) is 8.93. The lowest BCUT2D eigenvalue weighted by Crippen LogP contribution is -2.25. The van der Waals surface area contributed by atoms with Gasteiger partial charge in [-0.2, -0.15) is 0 Å². The van der Waals surface area contributed by atoms with Crippen LogP contribution in [-0.4, -0.2) is 51.7 Å². The molecule has 0 spiro atoms. The summed E-state index contributed by atoms with van der Waals surface area (Å²) < 4.78 is 5.71. The lowest BCUT2D eigenvalue weighted by Gasteiger charge is -2.18. The fraction of sp³-hybridized carbons (Fsp3) is 0.294. The van der Waals surface area contributed by atoms with E-state index in [0.717, 1.165) is 17.3 Å². The van der Waals surface area contributed by atoms with Gasteiger partial charge in [-0.3, -0.25) is 14.9 Å². The summed E-state index contributed by atoms with van der Waals surface area (Å²) >= 11 is 1.02. The van der Waals surface area contributed by atoms with Gasteiger partial charge >= 0.3 is 0 Å². The van der Waals surface area contributed by atoms with Crippen LogP contribution in [0.4, 0.5) is 10.6 Å².